The van der Waals surface area contributed by atoms with E-state index in [1.54, 1.807) is 0 Å². The fourth-order valence-corrected chi connectivity index (χ4v) is 3.12. The lowest BCUT2D eigenvalue weighted by molar-refractivity contribution is -0.432. The number of hydrogen-bond acceptors (Lipinski definition) is 5. The summed E-state index contributed by atoms with van der Waals surface area (Å²) in [6, 6.07) is 9.60. The number of aromatic nitrogens is 3. The molecule has 0 aliphatic heterocycles. The van der Waals surface area contributed by atoms with E-state index in [1.165, 1.54) is 0 Å². The van der Waals surface area contributed by atoms with Gasteiger partial charge >= 0.3 is 0 Å². The SMILES string of the molecule is Cc1cc(C)c(O)c(-n2n3c4ccc(SOOO)cc4n23)c1. The highest BCUT2D eigenvalue weighted by Gasteiger charge is 2.26. The standard InChI is InChI=1S/C14H13N3O4S/c1-8-5-9(2)14(18)13(6-8)17-15-11-4-3-10(22-21-20-19)7-12(11)16(15)17/h3-7,18-19H,1-2H3. The molecule has 0 atom stereocenters. The van der Waals surface area contributed by atoms with Crippen molar-refractivity contribution in [1.29, 1.82) is 0 Å². The first-order chi connectivity index (χ1) is 10.6. The fraction of sp³-hybridized carbons (Fsp3) is 0.143. The normalized spacial score (nSPS) is 12.1. The highest BCUT2D eigenvalue weighted by Crippen LogP contribution is 2.34. The molecule has 2 aromatic carbocycles. The first kappa shape index (κ1) is 13.5. The lowest BCUT2D eigenvalue weighted by Gasteiger charge is -2.04. The Morgan fingerprint density at radius 2 is 1.82 bits per heavy atom. The van der Waals surface area contributed by atoms with Crippen LogP contribution in [0.3, 0.4) is 0 Å². The minimum Gasteiger partial charge on any atom is -0.505 e. The van der Waals surface area contributed by atoms with Crippen LogP contribution in [-0.2, 0) is 9.37 Å². The Morgan fingerprint density at radius 1 is 1.05 bits per heavy atom. The smallest absolute Gasteiger partial charge is 0.146 e. The Balaban J connectivity index is 1.80. The molecule has 8 heteroatoms. The topological polar surface area (TPSA) is 72.7 Å². The zero-order valence-corrected chi connectivity index (χ0v) is 12.7. The van der Waals surface area contributed by atoms with Gasteiger partial charge in [0.05, 0.1) is 12.0 Å². The fourth-order valence-electron chi connectivity index (χ4n) is 2.72. The monoisotopic (exact) mass is 319 g/mol. The molecular weight excluding hydrogens is 306 g/mol. The van der Waals surface area contributed by atoms with Crippen molar-refractivity contribution >= 4 is 23.1 Å². The van der Waals surface area contributed by atoms with E-state index in [0.717, 1.165) is 44.8 Å². The van der Waals surface area contributed by atoms with Gasteiger partial charge in [0.1, 0.15) is 22.5 Å². The summed E-state index contributed by atoms with van der Waals surface area (Å²) in [5, 5.41) is 22.1. The van der Waals surface area contributed by atoms with Crippen LogP contribution >= 0.6 is 12.0 Å². The summed E-state index contributed by atoms with van der Waals surface area (Å²) in [5.41, 5.74) is 4.71. The number of rotatable bonds is 4. The third-order valence-corrected chi connectivity index (χ3v) is 4.26. The predicted molar refractivity (Wildman–Crippen MR) is 80.7 cm³/mol. The van der Waals surface area contributed by atoms with Crippen molar-refractivity contribution in [2.24, 2.45) is 0 Å². The molecular formula is C14H13N3O4S. The average Bonchev–Trinajstić information content (AvgIpc) is 3.15. The maximum atomic E-state index is 10.3. The molecule has 0 unspecified atom stereocenters. The van der Waals surface area contributed by atoms with Crippen LogP contribution in [0.25, 0.3) is 16.7 Å². The molecule has 4 rings (SSSR count). The second-order valence-electron chi connectivity index (χ2n) is 5.19. The number of phenolic OH excluding ortho intramolecular Hbond substituents is 1. The summed E-state index contributed by atoms with van der Waals surface area (Å²) >= 11 is 0.918. The molecule has 4 aromatic rings. The Bertz CT molecular complexity index is 968. The van der Waals surface area contributed by atoms with E-state index < -0.39 is 0 Å². The van der Waals surface area contributed by atoms with E-state index in [9.17, 15) is 5.11 Å². The zero-order valence-electron chi connectivity index (χ0n) is 11.8. The summed E-state index contributed by atoms with van der Waals surface area (Å²) < 4.78 is 8.33. The van der Waals surface area contributed by atoms with Crippen molar-refractivity contribution in [2.45, 2.75) is 18.7 Å². The minimum absolute atomic E-state index is 0.275. The minimum atomic E-state index is 0.275. The highest BCUT2D eigenvalue weighted by atomic mass is 32.2. The second-order valence-corrected chi connectivity index (χ2v) is 5.97. The summed E-state index contributed by atoms with van der Waals surface area (Å²) in [7, 11) is 0. The Labute approximate surface area is 129 Å². The average molecular weight is 319 g/mol. The number of fused-ring (bicyclic) bond motifs is 4. The molecule has 0 aliphatic rings. The molecule has 2 heterocycles. The van der Waals surface area contributed by atoms with Gasteiger partial charge in [0.15, 0.2) is 0 Å². The molecule has 0 saturated heterocycles. The van der Waals surface area contributed by atoms with Gasteiger partial charge in [-0.1, -0.05) is 11.1 Å². The lowest BCUT2D eigenvalue weighted by Crippen LogP contribution is -1.90. The molecule has 0 saturated carbocycles. The molecule has 2 aromatic heterocycles. The van der Waals surface area contributed by atoms with Crippen LogP contribution in [0.4, 0.5) is 0 Å². The Morgan fingerprint density at radius 3 is 2.59 bits per heavy atom. The van der Waals surface area contributed by atoms with E-state index in [-0.39, 0.29) is 5.75 Å². The van der Waals surface area contributed by atoms with Crippen molar-refractivity contribution in [3.63, 3.8) is 0 Å². The van der Waals surface area contributed by atoms with Gasteiger partial charge in [-0.25, -0.2) is 5.26 Å². The van der Waals surface area contributed by atoms with Crippen molar-refractivity contribution in [3.05, 3.63) is 41.5 Å². The molecule has 0 bridgehead atoms. The lowest BCUT2D eigenvalue weighted by atomic mass is 10.1. The van der Waals surface area contributed by atoms with Crippen LogP contribution in [0.15, 0.2) is 35.2 Å². The first-order valence-electron chi connectivity index (χ1n) is 6.61. The Kier molecular flexibility index (Phi) is 2.88. The quantitative estimate of drug-likeness (QED) is 0.343. The number of aromatic hydroxyl groups is 1. The zero-order chi connectivity index (χ0) is 15.4. The molecule has 22 heavy (non-hydrogen) atoms. The molecule has 0 spiro atoms. The third kappa shape index (κ3) is 1.82. The van der Waals surface area contributed by atoms with E-state index >= 15 is 0 Å². The molecule has 0 aliphatic carbocycles. The van der Waals surface area contributed by atoms with E-state index in [0.29, 0.717) is 0 Å². The second kappa shape index (κ2) is 4.68. The maximum absolute atomic E-state index is 10.3. The molecule has 114 valence electrons. The maximum Gasteiger partial charge on any atom is 0.146 e. The Hall–Kier alpha value is -2.13. The summed E-state index contributed by atoms with van der Waals surface area (Å²) in [5.74, 6) is 0.275. The van der Waals surface area contributed by atoms with Crippen LogP contribution in [0.2, 0.25) is 0 Å². The van der Waals surface area contributed by atoms with Gasteiger partial charge in [-0.2, -0.15) is 0 Å². The van der Waals surface area contributed by atoms with Gasteiger partial charge in [0, 0.05) is 4.90 Å². The number of nitrogens with zero attached hydrogens (tertiary/aromatic N) is 3. The summed E-state index contributed by atoms with van der Waals surface area (Å²) in [6.45, 7) is 3.89. The van der Waals surface area contributed by atoms with Crippen LogP contribution in [0.5, 0.6) is 5.75 Å². The molecule has 2 N–H and O–H groups in total. The number of benzene rings is 2. The molecule has 0 amide bonds. The van der Waals surface area contributed by atoms with E-state index in [2.05, 4.69) is 9.37 Å². The number of hydrogen-bond donors (Lipinski definition) is 2. The van der Waals surface area contributed by atoms with Gasteiger partial charge in [-0.15, -0.1) is 18.4 Å². The van der Waals surface area contributed by atoms with Crippen molar-refractivity contribution in [3.8, 4) is 11.4 Å². The third-order valence-electron chi connectivity index (χ3n) is 3.69. The highest BCUT2D eigenvalue weighted by molar-refractivity contribution is 7.94. The van der Waals surface area contributed by atoms with Crippen molar-refractivity contribution in [2.75, 3.05) is 0 Å². The van der Waals surface area contributed by atoms with Gasteiger partial charge in [-0.05, 0) is 49.2 Å². The van der Waals surface area contributed by atoms with E-state index in [1.807, 2.05) is 58.2 Å². The van der Waals surface area contributed by atoms with Crippen LogP contribution in [0, 0.1) is 13.8 Å². The predicted octanol–water partition coefficient (Wildman–Crippen LogP) is 3.17. The van der Waals surface area contributed by atoms with Crippen molar-refractivity contribution in [1.82, 2.24) is 14.1 Å². The molecule has 0 radical (unpaired) electrons. The van der Waals surface area contributed by atoms with E-state index in [4.69, 9.17) is 5.26 Å². The van der Waals surface area contributed by atoms with Crippen LogP contribution in [-0.4, -0.2) is 24.4 Å². The molecule has 7 nitrogen and oxygen atoms in total. The van der Waals surface area contributed by atoms with Gasteiger partial charge < -0.3 is 5.11 Å². The number of phenols is 1. The van der Waals surface area contributed by atoms with Crippen LogP contribution < -0.4 is 0 Å². The molecule has 0 fully saturated rings. The van der Waals surface area contributed by atoms with Crippen LogP contribution in [0.1, 0.15) is 11.1 Å². The van der Waals surface area contributed by atoms with Crippen molar-refractivity contribution < 1.29 is 19.7 Å². The van der Waals surface area contributed by atoms with Gasteiger partial charge in [0.2, 0.25) is 0 Å². The largest absolute Gasteiger partial charge is 0.505 e. The summed E-state index contributed by atoms with van der Waals surface area (Å²) in [4.78, 5) is 2.70. The first-order valence-corrected chi connectivity index (χ1v) is 7.35. The van der Waals surface area contributed by atoms with Gasteiger partial charge in [0.25, 0.3) is 0 Å². The van der Waals surface area contributed by atoms with Gasteiger partial charge in [-0.3, -0.25) is 0 Å². The number of aryl methyl sites for hydroxylation is 2. The summed E-state index contributed by atoms with van der Waals surface area (Å²) in [6.07, 6.45) is 0.